The summed E-state index contributed by atoms with van der Waals surface area (Å²) in [5.41, 5.74) is 0. The third-order valence-electron chi connectivity index (χ3n) is 11.0. The van der Waals surface area contributed by atoms with Crippen molar-refractivity contribution in [2.75, 3.05) is 6.61 Å². The summed E-state index contributed by atoms with van der Waals surface area (Å²) < 4.78 is 0. The maximum absolute atomic E-state index is 12.4. The molecule has 0 aliphatic carbocycles. The number of aliphatic hydroxyl groups excluding tert-OH is 3. The van der Waals surface area contributed by atoms with Gasteiger partial charge in [-0.1, -0.05) is 224 Å². The average molecular weight is 748 g/mol. The monoisotopic (exact) mass is 748 g/mol. The zero-order valence-corrected chi connectivity index (χ0v) is 35.7. The van der Waals surface area contributed by atoms with Gasteiger partial charge in [0.25, 0.3) is 0 Å². The number of carbonyl (C=O) groups excluding carboxylic acids is 1. The van der Waals surface area contributed by atoms with E-state index < -0.39 is 18.2 Å². The Morgan fingerprint density at radius 1 is 0.472 bits per heavy atom. The predicted molar refractivity (Wildman–Crippen MR) is 231 cm³/mol. The molecule has 0 aromatic carbocycles. The van der Waals surface area contributed by atoms with E-state index in [-0.39, 0.29) is 12.5 Å². The molecule has 3 unspecified atom stereocenters. The van der Waals surface area contributed by atoms with Crippen LogP contribution in [0.5, 0.6) is 0 Å². The third-order valence-corrected chi connectivity index (χ3v) is 11.0. The van der Waals surface area contributed by atoms with E-state index >= 15 is 0 Å². The van der Waals surface area contributed by atoms with E-state index in [1.807, 2.05) is 0 Å². The molecule has 5 heteroatoms. The minimum Gasteiger partial charge on any atom is -0.394 e. The lowest BCUT2D eigenvalue weighted by molar-refractivity contribution is -0.124. The summed E-state index contributed by atoms with van der Waals surface area (Å²) in [6, 6.07) is -0.827. The molecule has 0 heterocycles. The highest BCUT2D eigenvalue weighted by Crippen LogP contribution is 2.17. The van der Waals surface area contributed by atoms with Gasteiger partial charge < -0.3 is 20.6 Å². The van der Waals surface area contributed by atoms with Crippen LogP contribution >= 0.6 is 0 Å². The van der Waals surface area contributed by atoms with Gasteiger partial charge in [-0.25, -0.2) is 0 Å². The van der Waals surface area contributed by atoms with E-state index in [2.05, 4.69) is 43.5 Å². The molecule has 0 rings (SSSR count). The molecule has 0 fully saturated rings. The topological polar surface area (TPSA) is 89.8 Å². The highest BCUT2D eigenvalue weighted by atomic mass is 16.3. The van der Waals surface area contributed by atoms with Gasteiger partial charge >= 0.3 is 0 Å². The summed E-state index contributed by atoms with van der Waals surface area (Å²) >= 11 is 0. The first kappa shape index (κ1) is 51.8. The Hall–Kier alpha value is -1.17. The number of amides is 1. The summed E-state index contributed by atoms with van der Waals surface area (Å²) in [6.07, 6.45) is 53.4. The third kappa shape index (κ3) is 38.9. The average Bonchev–Trinajstić information content (AvgIpc) is 3.16. The molecule has 0 saturated heterocycles. The molecule has 0 radical (unpaired) electrons. The molecule has 0 aliphatic rings. The highest BCUT2D eigenvalue weighted by molar-refractivity contribution is 5.76. The number of carbonyl (C=O) groups is 1. The van der Waals surface area contributed by atoms with Crippen molar-refractivity contribution in [3.63, 3.8) is 0 Å². The van der Waals surface area contributed by atoms with Crippen molar-refractivity contribution in [1.29, 1.82) is 0 Å². The minimum absolute atomic E-state index is 0.157. The molecular weight excluding hydrogens is 655 g/mol. The van der Waals surface area contributed by atoms with Crippen molar-refractivity contribution in [3.05, 3.63) is 24.3 Å². The molecule has 4 N–H and O–H groups in total. The van der Waals surface area contributed by atoms with Crippen LogP contribution in [0.3, 0.4) is 0 Å². The summed E-state index contributed by atoms with van der Waals surface area (Å²) in [7, 11) is 0. The quantitative estimate of drug-likeness (QED) is 0.0369. The first-order valence-electron chi connectivity index (χ1n) is 23.6. The van der Waals surface area contributed by atoms with Crippen LogP contribution in [0.25, 0.3) is 0 Å². The van der Waals surface area contributed by atoms with E-state index in [1.165, 1.54) is 173 Å². The van der Waals surface area contributed by atoms with Crippen molar-refractivity contribution >= 4 is 5.91 Å². The molecule has 0 spiro atoms. The van der Waals surface area contributed by atoms with Gasteiger partial charge in [0.15, 0.2) is 0 Å². The second-order valence-corrected chi connectivity index (χ2v) is 16.3. The van der Waals surface area contributed by atoms with Crippen molar-refractivity contribution in [3.8, 4) is 0 Å². The maximum atomic E-state index is 12.4. The number of hydrogen-bond donors (Lipinski definition) is 4. The Morgan fingerprint density at radius 2 is 0.811 bits per heavy atom. The first-order chi connectivity index (χ1) is 26.1. The summed E-state index contributed by atoms with van der Waals surface area (Å²) in [4.78, 5) is 12.4. The number of aliphatic hydroxyl groups is 3. The van der Waals surface area contributed by atoms with Gasteiger partial charge in [0.1, 0.15) is 6.10 Å². The fraction of sp³-hybridized carbons (Fsp3) is 0.896. The van der Waals surface area contributed by atoms with Crippen molar-refractivity contribution in [2.45, 2.75) is 270 Å². The van der Waals surface area contributed by atoms with Crippen LogP contribution in [0.15, 0.2) is 24.3 Å². The lowest BCUT2D eigenvalue weighted by atomic mass is 10.0. The Kier molecular flexibility index (Phi) is 42.6. The molecule has 1 amide bonds. The standard InChI is InChI=1S/C48H93NO4/c1-3-5-7-9-11-13-14-15-16-17-18-19-20-21-22-23-24-25-26-27-28-29-30-31-32-33-35-37-39-41-43-47(52)49-45(44-50)48(53)46(51)42-40-38-36-34-12-10-8-6-4-2/h6,8,34,36,45-46,48,50-51,53H,3-5,7,9-33,35,37-44H2,1-2H3,(H,49,52)/b8-6+,36-34+. The predicted octanol–water partition coefficient (Wildman–Crippen LogP) is 13.8. The number of hydrogen-bond acceptors (Lipinski definition) is 4. The molecule has 314 valence electrons. The Balaban J connectivity index is 3.45. The summed E-state index contributed by atoms with van der Waals surface area (Å²) in [5, 5.41) is 33.3. The van der Waals surface area contributed by atoms with Crippen molar-refractivity contribution in [1.82, 2.24) is 5.32 Å². The van der Waals surface area contributed by atoms with Crippen LogP contribution in [0.1, 0.15) is 251 Å². The highest BCUT2D eigenvalue weighted by Gasteiger charge is 2.26. The van der Waals surface area contributed by atoms with Gasteiger partial charge in [0.05, 0.1) is 18.8 Å². The lowest BCUT2D eigenvalue weighted by Crippen LogP contribution is -2.50. The van der Waals surface area contributed by atoms with E-state index in [0.29, 0.717) is 12.8 Å². The molecular formula is C48H93NO4. The smallest absolute Gasteiger partial charge is 0.220 e. The largest absolute Gasteiger partial charge is 0.394 e. The van der Waals surface area contributed by atoms with E-state index in [0.717, 1.165) is 51.4 Å². The fourth-order valence-electron chi connectivity index (χ4n) is 7.42. The van der Waals surface area contributed by atoms with Gasteiger partial charge in [-0.3, -0.25) is 4.79 Å². The fourth-order valence-corrected chi connectivity index (χ4v) is 7.42. The minimum atomic E-state index is -1.16. The summed E-state index contributed by atoms with van der Waals surface area (Å²) in [5.74, 6) is -0.157. The van der Waals surface area contributed by atoms with Gasteiger partial charge in [0.2, 0.25) is 5.91 Å². The molecule has 3 atom stereocenters. The van der Waals surface area contributed by atoms with Crippen LogP contribution in [-0.4, -0.2) is 46.1 Å². The number of unbranched alkanes of at least 4 members (excludes halogenated alkanes) is 31. The molecule has 5 nitrogen and oxygen atoms in total. The second kappa shape index (κ2) is 43.6. The Labute approximate surface area is 331 Å². The molecule has 0 bridgehead atoms. The van der Waals surface area contributed by atoms with Crippen LogP contribution in [0.2, 0.25) is 0 Å². The number of allylic oxidation sites excluding steroid dienone is 4. The second-order valence-electron chi connectivity index (χ2n) is 16.3. The Bertz CT molecular complexity index is 784. The number of nitrogens with one attached hydrogen (secondary N) is 1. The van der Waals surface area contributed by atoms with Crippen LogP contribution < -0.4 is 5.32 Å². The zero-order chi connectivity index (χ0) is 38.7. The number of rotatable bonds is 43. The molecule has 0 aromatic heterocycles. The molecule has 0 aromatic rings. The normalized spacial score (nSPS) is 13.7. The van der Waals surface area contributed by atoms with Gasteiger partial charge in [-0.05, 0) is 44.9 Å². The van der Waals surface area contributed by atoms with E-state index in [1.54, 1.807) is 0 Å². The lowest BCUT2D eigenvalue weighted by Gasteiger charge is -2.26. The van der Waals surface area contributed by atoms with Crippen molar-refractivity contribution < 1.29 is 20.1 Å². The van der Waals surface area contributed by atoms with Crippen LogP contribution in [-0.2, 0) is 4.79 Å². The molecule has 0 aliphatic heterocycles. The van der Waals surface area contributed by atoms with Crippen LogP contribution in [0.4, 0.5) is 0 Å². The maximum Gasteiger partial charge on any atom is 0.220 e. The van der Waals surface area contributed by atoms with Crippen molar-refractivity contribution in [2.24, 2.45) is 0 Å². The van der Waals surface area contributed by atoms with Gasteiger partial charge in [0, 0.05) is 6.42 Å². The molecule has 53 heavy (non-hydrogen) atoms. The zero-order valence-electron chi connectivity index (χ0n) is 35.7. The van der Waals surface area contributed by atoms with Gasteiger partial charge in [-0.2, -0.15) is 0 Å². The van der Waals surface area contributed by atoms with Gasteiger partial charge in [-0.15, -0.1) is 0 Å². The van der Waals surface area contributed by atoms with Crippen LogP contribution in [0, 0.1) is 0 Å². The summed E-state index contributed by atoms with van der Waals surface area (Å²) in [6.45, 7) is 4.05. The molecule has 0 saturated carbocycles. The van der Waals surface area contributed by atoms with E-state index in [9.17, 15) is 20.1 Å². The first-order valence-corrected chi connectivity index (χ1v) is 23.6. The van der Waals surface area contributed by atoms with E-state index in [4.69, 9.17) is 0 Å². The SMILES string of the molecule is CC/C=C/CC/C=C/CCCC(O)C(O)C(CO)NC(=O)CCCCCCCCCCCCCCCCCCCCCCCCCCCCCCCC. The Morgan fingerprint density at radius 3 is 1.17 bits per heavy atom.